The number of hydrazone groups is 1. The maximum atomic E-state index is 11.9. The highest BCUT2D eigenvalue weighted by atomic mass is 16.5. The fraction of sp³-hybridized carbons (Fsp3) is 0.286. The predicted molar refractivity (Wildman–Crippen MR) is 111 cm³/mol. The summed E-state index contributed by atoms with van der Waals surface area (Å²) in [5.41, 5.74) is 3.87. The largest absolute Gasteiger partial charge is 0.504 e. The molecule has 9 heteroatoms. The number of hydrogen-bond donors (Lipinski definition) is 3. The maximum Gasteiger partial charge on any atom is 0.249 e. The molecule has 2 aromatic carbocycles. The Morgan fingerprint density at radius 3 is 2.40 bits per heavy atom. The van der Waals surface area contributed by atoms with Crippen LogP contribution in [-0.4, -0.2) is 51.0 Å². The standard InChI is InChI=1S/C21H25N3O6/c1-28-17-7-5-14(10-19(17)30-3)8-9-22-20(26)12-21(27)24-23-13-15-4-6-16(25)18(11-15)29-2/h4-7,10-11,13,25H,8-9,12H2,1-3H3,(H,22,26)(H,24,27)/b23-13-. The van der Waals surface area contributed by atoms with Gasteiger partial charge in [-0.3, -0.25) is 9.59 Å². The van der Waals surface area contributed by atoms with Crippen molar-refractivity contribution in [2.75, 3.05) is 27.9 Å². The van der Waals surface area contributed by atoms with Crippen molar-refractivity contribution in [2.24, 2.45) is 5.10 Å². The quantitative estimate of drug-likeness (QED) is 0.308. The number of phenols is 1. The summed E-state index contributed by atoms with van der Waals surface area (Å²) in [5, 5.41) is 16.0. The molecule has 0 spiro atoms. The Balaban J connectivity index is 1.75. The minimum Gasteiger partial charge on any atom is -0.504 e. The van der Waals surface area contributed by atoms with E-state index in [1.54, 1.807) is 32.4 Å². The van der Waals surface area contributed by atoms with Gasteiger partial charge in [-0.15, -0.1) is 0 Å². The second-order valence-electron chi connectivity index (χ2n) is 6.19. The van der Waals surface area contributed by atoms with Crippen molar-refractivity contribution in [1.29, 1.82) is 0 Å². The first-order chi connectivity index (χ1) is 14.5. The number of ether oxygens (including phenoxy) is 3. The number of carbonyl (C=O) groups excluding carboxylic acids is 2. The van der Waals surface area contributed by atoms with Gasteiger partial charge in [0.05, 0.1) is 27.5 Å². The fourth-order valence-electron chi connectivity index (χ4n) is 2.58. The molecule has 9 nitrogen and oxygen atoms in total. The Kier molecular flexibility index (Phi) is 8.49. The van der Waals surface area contributed by atoms with E-state index in [9.17, 15) is 14.7 Å². The SMILES string of the molecule is COc1cc(/C=N\NC(=O)CC(=O)NCCc2ccc(OC)c(OC)c2)ccc1O. The average molecular weight is 415 g/mol. The second-order valence-corrected chi connectivity index (χ2v) is 6.19. The molecule has 0 atom stereocenters. The van der Waals surface area contributed by atoms with Crippen LogP contribution in [0.3, 0.4) is 0 Å². The van der Waals surface area contributed by atoms with Crippen LogP contribution in [0.4, 0.5) is 0 Å². The number of methoxy groups -OCH3 is 3. The molecule has 2 rings (SSSR count). The lowest BCUT2D eigenvalue weighted by Crippen LogP contribution is -2.31. The Morgan fingerprint density at radius 1 is 0.967 bits per heavy atom. The van der Waals surface area contributed by atoms with Crippen molar-refractivity contribution in [3.63, 3.8) is 0 Å². The van der Waals surface area contributed by atoms with Crippen molar-refractivity contribution in [2.45, 2.75) is 12.8 Å². The van der Waals surface area contributed by atoms with Gasteiger partial charge in [0, 0.05) is 6.54 Å². The van der Waals surface area contributed by atoms with Crippen LogP contribution < -0.4 is 25.0 Å². The van der Waals surface area contributed by atoms with Crippen LogP contribution in [0.25, 0.3) is 0 Å². The van der Waals surface area contributed by atoms with Gasteiger partial charge >= 0.3 is 0 Å². The summed E-state index contributed by atoms with van der Waals surface area (Å²) in [7, 11) is 4.55. The number of amides is 2. The van der Waals surface area contributed by atoms with Crippen molar-refractivity contribution in [1.82, 2.24) is 10.7 Å². The van der Waals surface area contributed by atoms with Gasteiger partial charge in [-0.25, -0.2) is 5.43 Å². The summed E-state index contributed by atoms with van der Waals surface area (Å²) < 4.78 is 15.4. The summed E-state index contributed by atoms with van der Waals surface area (Å²) in [6, 6.07) is 10.1. The monoisotopic (exact) mass is 415 g/mol. The van der Waals surface area contributed by atoms with Gasteiger partial charge in [0.15, 0.2) is 23.0 Å². The second kappa shape index (κ2) is 11.3. The van der Waals surface area contributed by atoms with Crippen molar-refractivity contribution in [3.8, 4) is 23.0 Å². The molecule has 0 aromatic heterocycles. The van der Waals surface area contributed by atoms with Gasteiger partial charge in [0.25, 0.3) is 0 Å². The lowest BCUT2D eigenvalue weighted by molar-refractivity contribution is -0.129. The number of rotatable bonds is 10. The molecule has 0 heterocycles. The average Bonchev–Trinajstić information content (AvgIpc) is 2.74. The van der Waals surface area contributed by atoms with E-state index in [4.69, 9.17) is 14.2 Å². The third-order valence-corrected chi connectivity index (χ3v) is 4.11. The number of nitrogens with one attached hydrogen (secondary N) is 2. The predicted octanol–water partition coefficient (Wildman–Crippen LogP) is 1.62. The zero-order valence-corrected chi connectivity index (χ0v) is 17.1. The van der Waals surface area contributed by atoms with Crippen LogP contribution in [0.5, 0.6) is 23.0 Å². The molecule has 0 saturated carbocycles. The molecule has 0 aliphatic carbocycles. The minimum absolute atomic E-state index is 0.00319. The van der Waals surface area contributed by atoms with Crippen molar-refractivity contribution in [3.05, 3.63) is 47.5 Å². The number of nitrogens with zero attached hydrogens (tertiary/aromatic N) is 1. The van der Waals surface area contributed by atoms with E-state index in [1.807, 2.05) is 12.1 Å². The Hall–Kier alpha value is -3.75. The summed E-state index contributed by atoms with van der Waals surface area (Å²) in [5.74, 6) is 0.593. The Morgan fingerprint density at radius 2 is 1.70 bits per heavy atom. The lowest BCUT2D eigenvalue weighted by atomic mass is 10.1. The van der Waals surface area contributed by atoms with Gasteiger partial charge in [-0.05, 0) is 47.9 Å². The van der Waals surface area contributed by atoms with Crippen LogP contribution >= 0.6 is 0 Å². The van der Waals surface area contributed by atoms with E-state index in [2.05, 4.69) is 15.8 Å². The fourth-order valence-corrected chi connectivity index (χ4v) is 2.58. The van der Waals surface area contributed by atoms with Gasteiger partial charge in [-0.2, -0.15) is 5.10 Å². The van der Waals surface area contributed by atoms with E-state index < -0.39 is 11.8 Å². The molecule has 2 amide bonds. The molecule has 0 bridgehead atoms. The summed E-state index contributed by atoms with van der Waals surface area (Å²) in [4.78, 5) is 23.7. The maximum absolute atomic E-state index is 11.9. The molecule has 3 N–H and O–H groups in total. The number of phenolic OH excluding ortho intramolecular Hbond substituents is 1. The summed E-state index contributed by atoms with van der Waals surface area (Å²) in [6.45, 7) is 0.373. The van der Waals surface area contributed by atoms with E-state index in [-0.39, 0.29) is 12.2 Å². The van der Waals surface area contributed by atoms with E-state index in [1.165, 1.54) is 19.4 Å². The van der Waals surface area contributed by atoms with Crippen molar-refractivity contribution >= 4 is 18.0 Å². The lowest BCUT2D eigenvalue weighted by Gasteiger charge is -2.10. The number of carbonyl (C=O) groups is 2. The molecule has 0 saturated heterocycles. The molecule has 0 radical (unpaired) electrons. The first-order valence-corrected chi connectivity index (χ1v) is 9.13. The first-order valence-electron chi connectivity index (χ1n) is 9.13. The minimum atomic E-state index is -0.541. The molecule has 0 aliphatic rings. The van der Waals surface area contributed by atoms with Gasteiger partial charge in [-0.1, -0.05) is 6.07 Å². The molecule has 30 heavy (non-hydrogen) atoms. The van der Waals surface area contributed by atoms with Gasteiger partial charge in [0.2, 0.25) is 11.8 Å². The normalized spacial score (nSPS) is 10.5. The molecule has 2 aromatic rings. The van der Waals surface area contributed by atoms with Gasteiger partial charge in [0.1, 0.15) is 6.42 Å². The van der Waals surface area contributed by atoms with Crippen LogP contribution in [-0.2, 0) is 16.0 Å². The highest BCUT2D eigenvalue weighted by molar-refractivity contribution is 5.97. The van der Waals surface area contributed by atoms with Crippen molar-refractivity contribution < 1.29 is 28.9 Å². The van der Waals surface area contributed by atoms with E-state index >= 15 is 0 Å². The smallest absolute Gasteiger partial charge is 0.249 e. The Labute approximate surface area is 174 Å². The topological polar surface area (TPSA) is 118 Å². The zero-order chi connectivity index (χ0) is 21.9. The molecular weight excluding hydrogens is 390 g/mol. The van der Waals surface area contributed by atoms with Gasteiger partial charge < -0.3 is 24.6 Å². The van der Waals surface area contributed by atoms with Crippen LogP contribution in [0, 0.1) is 0 Å². The number of hydrogen-bond acceptors (Lipinski definition) is 7. The number of aromatic hydroxyl groups is 1. The van der Waals surface area contributed by atoms with E-state index in [0.717, 1.165) is 5.56 Å². The highest BCUT2D eigenvalue weighted by Gasteiger charge is 2.09. The first kappa shape index (κ1) is 22.5. The zero-order valence-electron chi connectivity index (χ0n) is 17.1. The summed E-state index contributed by atoms with van der Waals surface area (Å²) in [6.07, 6.45) is 1.62. The number of benzene rings is 2. The molecular formula is C21H25N3O6. The van der Waals surface area contributed by atoms with Crippen LogP contribution in [0.1, 0.15) is 17.5 Å². The third kappa shape index (κ3) is 6.69. The molecule has 160 valence electrons. The van der Waals surface area contributed by atoms with Crippen LogP contribution in [0.2, 0.25) is 0 Å². The molecule has 0 aliphatic heterocycles. The van der Waals surface area contributed by atoms with Crippen LogP contribution in [0.15, 0.2) is 41.5 Å². The highest BCUT2D eigenvalue weighted by Crippen LogP contribution is 2.27. The van der Waals surface area contributed by atoms with E-state index in [0.29, 0.717) is 35.8 Å². The Bertz CT molecular complexity index is 914. The summed E-state index contributed by atoms with van der Waals surface area (Å²) >= 11 is 0. The molecule has 0 fully saturated rings. The third-order valence-electron chi connectivity index (χ3n) is 4.11. The molecule has 0 unspecified atom stereocenters.